The number of nitrogens with one attached hydrogen (secondary N) is 1. The highest BCUT2D eigenvalue weighted by Gasteiger charge is 2.47. The molecule has 9 nitrogen and oxygen atoms in total. The van der Waals surface area contributed by atoms with Crippen LogP contribution in [0.4, 0.5) is 4.79 Å². The van der Waals surface area contributed by atoms with Gasteiger partial charge in [0.2, 0.25) is 6.04 Å². The number of nitrogens with zero attached hydrogens (tertiary/aromatic N) is 2. The Bertz CT molecular complexity index is 623. The summed E-state index contributed by atoms with van der Waals surface area (Å²) in [5, 5.41) is 2.42. The standard InChI is InChI=1S/C13H20N3O6P/c1-13(2,3)22-12(17)15-10(9-7-6-8-21-9)11(16-14)23(18,19-4)20-5/h6-8,10H,1-5H3,(H,15,17)/t10-/m1/s1. The van der Waals surface area contributed by atoms with E-state index in [1.165, 1.54) is 12.3 Å². The molecular weight excluding hydrogens is 325 g/mol. The molecule has 1 N–H and O–H groups in total. The van der Waals surface area contributed by atoms with Crippen molar-refractivity contribution in [1.82, 2.24) is 5.32 Å². The number of furan rings is 1. The molecule has 0 unspecified atom stereocenters. The minimum absolute atomic E-state index is 0.165. The number of alkyl carbamates (subject to hydrolysis) is 1. The summed E-state index contributed by atoms with van der Waals surface area (Å²) in [6, 6.07) is 1.86. The Morgan fingerprint density at radius 3 is 2.39 bits per heavy atom. The van der Waals surface area contributed by atoms with Crippen LogP contribution >= 0.6 is 7.60 Å². The van der Waals surface area contributed by atoms with Crippen LogP contribution < -0.4 is 5.32 Å². The van der Waals surface area contributed by atoms with Crippen molar-refractivity contribution < 1.29 is 32.4 Å². The van der Waals surface area contributed by atoms with Gasteiger partial charge in [0.15, 0.2) is 0 Å². The van der Waals surface area contributed by atoms with E-state index in [4.69, 9.17) is 18.2 Å². The average Bonchev–Trinajstić information content (AvgIpc) is 2.98. The lowest BCUT2D eigenvalue weighted by Crippen LogP contribution is -2.38. The molecule has 0 aliphatic carbocycles. The van der Waals surface area contributed by atoms with E-state index in [2.05, 4.69) is 10.1 Å². The fourth-order valence-corrected chi connectivity index (χ4v) is 2.82. The zero-order chi connectivity index (χ0) is 17.7. The van der Waals surface area contributed by atoms with Gasteiger partial charge in [-0.3, -0.25) is 0 Å². The predicted molar refractivity (Wildman–Crippen MR) is 81.1 cm³/mol. The first-order valence-corrected chi connectivity index (χ1v) is 8.18. The van der Waals surface area contributed by atoms with Gasteiger partial charge >= 0.3 is 19.1 Å². The van der Waals surface area contributed by atoms with E-state index in [0.29, 0.717) is 0 Å². The van der Waals surface area contributed by atoms with Crippen LogP contribution in [0.3, 0.4) is 0 Å². The third-order valence-corrected chi connectivity index (χ3v) is 4.48. The molecule has 0 bridgehead atoms. The molecule has 0 aliphatic heterocycles. The maximum absolute atomic E-state index is 12.5. The minimum atomic E-state index is -3.93. The Hall–Kier alpha value is -1.92. The van der Waals surface area contributed by atoms with E-state index in [1.807, 2.05) is 0 Å². The molecule has 10 heteroatoms. The first-order chi connectivity index (χ1) is 10.7. The van der Waals surface area contributed by atoms with Crippen LogP contribution in [-0.4, -0.2) is 36.2 Å². The van der Waals surface area contributed by atoms with Crippen LogP contribution in [0.2, 0.25) is 0 Å². The summed E-state index contributed by atoms with van der Waals surface area (Å²) in [5.41, 5.74) is 8.07. The second kappa shape index (κ2) is 7.57. The first kappa shape index (κ1) is 19.1. The van der Waals surface area contributed by atoms with Gasteiger partial charge in [0.1, 0.15) is 11.4 Å². The molecule has 23 heavy (non-hydrogen) atoms. The summed E-state index contributed by atoms with van der Waals surface area (Å²) in [6.07, 6.45) is 0.525. The number of hydrogen-bond donors (Lipinski definition) is 1. The normalized spacial score (nSPS) is 13.1. The van der Waals surface area contributed by atoms with Crippen molar-refractivity contribution in [2.45, 2.75) is 32.4 Å². The molecule has 0 fully saturated rings. The number of rotatable bonds is 6. The molecule has 0 spiro atoms. The van der Waals surface area contributed by atoms with Gasteiger partial charge in [0, 0.05) is 14.2 Å². The molecule has 0 saturated heterocycles. The molecule has 1 amide bonds. The topological polar surface area (TPSA) is 123 Å². The third-order valence-electron chi connectivity index (χ3n) is 2.61. The maximum Gasteiger partial charge on any atom is 0.440 e. The largest absolute Gasteiger partial charge is 0.466 e. The van der Waals surface area contributed by atoms with Crippen LogP contribution in [0.1, 0.15) is 32.6 Å². The average molecular weight is 345 g/mol. The molecule has 0 aromatic carbocycles. The number of amides is 1. The smallest absolute Gasteiger partial charge is 0.440 e. The van der Waals surface area contributed by atoms with Crippen molar-refractivity contribution in [2.75, 3.05) is 14.2 Å². The molecule has 1 aromatic rings. The molecule has 1 aromatic heterocycles. The van der Waals surface area contributed by atoms with Crippen molar-refractivity contribution in [3.8, 4) is 0 Å². The fourth-order valence-electron chi connectivity index (χ4n) is 1.68. The number of carbonyl (C=O) groups excluding carboxylic acids is 1. The highest BCUT2D eigenvalue weighted by Crippen LogP contribution is 2.50. The lowest BCUT2D eigenvalue weighted by atomic mass is 10.2. The summed E-state index contributed by atoms with van der Waals surface area (Å²) >= 11 is 0. The Kier molecular flexibility index (Phi) is 6.29. The zero-order valence-corrected chi connectivity index (χ0v) is 14.5. The molecular formula is C13H20N3O6P. The van der Waals surface area contributed by atoms with E-state index in [-0.39, 0.29) is 5.76 Å². The van der Waals surface area contributed by atoms with E-state index < -0.39 is 30.8 Å². The minimum Gasteiger partial charge on any atom is -0.466 e. The molecule has 1 atom stereocenters. The summed E-state index contributed by atoms with van der Waals surface area (Å²) < 4.78 is 32.5. The number of hydrogen-bond acceptors (Lipinski definition) is 6. The second-order valence-corrected chi connectivity index (χ2v) is 7.60. The molecule has 1 heterocycles. The lowest BCUT2D eigenvalue weighted by Gasteiger charge is -2.22. The van der Waals surface area contributed by atoms with Crippen LogP contribution in [0, 0.1) is 0 Å². The number of ether oxygens (including phenoxy) is 1. The van der Waals surface area contributed by atoms with Crippen molar-refractivity contribution >= 4 is 19.1 Å². The SMILES string of the molecule is COP(=O)(OC)C(=[N+]=[N-])[C@H](NC(=O)OC(C)(C)C)c1ccco1. The molecule has 0 radical (unpaired) electrons. The summed E-state index contributed by atoms with van der Waals surface area (Å²) in [5.74, 6) is 0.165. The van der Waals surface area contributed by atoms with Gasteiger partial charge in [0.05, 0.1) is 6.26 Å². The quantitative estimate of drug-likeness (QED) is 0.366. The Labute approximate surface area is 134 Å². The van der Waals surface area contributed by atoms with Crippen LogP contribution in [-0.2, 0) is 18.3 Å². The Balaban J connectivity index is 3.19. The van der Waals surface area contributed by atoms with Gasteiger partial charge in [0.25, 0.3) is 0 Å². The van der Waals surface area contributed by atoms with Gasteiger partial charge in [-0.05, 0) is 32.9 Å². The Morgan fingerprint density at radius 2 is 2.00 bits per heavy atom. The highest BCUT2D eigenvalue weighted by atomic mass is 31.2. The van der Waals surface area contributed by atoms with E-state index in [0.717, 1.165) is 14.2 Å². The maximum atomic E-state index is 12.5. The fraction of sp³-hybridized carbons (Fsp3) is 0.538. The van der Waals surface area contributed by atoms with Crippen molar-refractivity contribution in [3.63, 3.8) is 0 Å². The van der Waals surface area contributed by atoms with Gasteiger partial charge in [-0.15, -0.1) is 0 Å². The second-order valence-electron chi connectivity index (χ2n) is 5.42. The Morgan fingerprint density at radius 1 is 1.39 bits per heavy atom. The van der Waals surface area contributed by atoms with E-state index >= 15 is 0 Å². The van der Waals surface area contributed by atoms with E-state index in [1.54, 1.807) is 26.8 Å². The summed E-state index contributed by atoms with van der Waals surface area (Å²) in [4.78, 5) is 15.0. The predicted octanol–water partition coefficient (Wildman–Crippen LogP) is 2.96. The summed E-state index contributed by atoms with van der Waals surface area (Å²) in [7, 11) is -1.67. The monoisotopic (exact) mass is 345 g/mol. The number of carbonyl (C=O) groups is 1. The summed E-state index contributed by atoms with van der Waals surface area (Å²) in [6.45, 7) is 5.06. The molecule has 0 saturated carbocycles. The lowest BCUT2D eigenvalue weighted by molar-refractivity contribution is -0.0104. The molecule has 1 rings (SSSR count). The van der Waals surface area contributed by atoms with Gasteiger partial charge < -0.3 is 29.0 Å². The molecule has 0 aliphatic rings. The van der Waals surface area contributed by atoms with Crippen molar-refractivity contribution in [2.24, 2.45) is 0 Å². The highest BCUT2D eigenvalue weighted by molar-refractivity contribution is 7.72. The third kappa shape index (κ3) is 5.04. The van der Waals surface area contributed by atoms with E-state index in [9.17, 15) is 14.9 Å². The van der Waals surface area contributed by atoms with Gasteiger partial charge in [-0.25, -0.2) is 9.36 Å². The molecule has 128 valence electrons. The van der Waals surface area contributed by atoms with Crippen LogP contribution in [0.25, 0.3) is 5.53 Å². The van der Waals surface area contributed by atoms with Crippen LogP contribution in [0.15, 0.2) is 22.8 Å². The van der Waals surface area contributed by atoms with Crippen LogP contribution in [0.5, 0.6) is 0 Å². The zero-order valence-electron chi connectivity index (χ0n) is 13.6. The van der Waals surface area contributed by atoms with Crippen molar-refractivity contribution in [1.29, 1.82) is 0 Å². The first-order valence-electron chi connectivity index (χ1n) is 6.63. The van der Waals surface area contributed by atoms with Gasteiger partial charge in [-0.1, -0.05) is 0 Å². The van der Waals surface area contributed by atoms with Crippen molar-refractivity contribution in [3.05, 3.63) is 29.7 Å². The van der Waals surface area contributed by atoms with Gasteiger partial charge in [-0.2, -0.15) is 4.79 Å².